The molecule has 0 bridgehead atoms. The number of rotatable bonds is 8. The lowest BCUT2D eigenvalue weighted by molar-refractivity contribution is -0.119. The SMILES string of the molecule is CC(=O)NC1CCN(Cc2cnc(Nc3ncc(-c4cc(C)nc(NC5CCCCC5)n4)s3)cn2)C1. The summed E-state index contributed by atoms with van der Waals surface area (Å²) in [4.78, 5) is 37.5. The minimum Gasteiger partial charge on any atom is -0.352 e. The Morgan fingerprint density at radius 2 is 1.92 bits per heavy atom. The van der Waals surface area contributed by atoms with Gasteiger partial charge in [0.2, 0.25) is 11.9 Å². The molecule has 1 aliphatic carbocycles. The van der Waals surface area contributed by atoms with Gasteiger partial charge in [-0.05, 0) is 32.3 Å². The molecule has 190 valence electrons. The van der Waals surface area contributed by atoms with Gasteiger partial charge in [-0.25, -0.2) is 19.9 Å². The Bertz CT molecular complexity index is 1180. The molecule has 3 N–H and O–H groups in total. The van der Waals surface area contributed by atoms with Crippen molar-refractivity contribution in [1.29, 1.82) is 0 Å². The predicted molar refractivity (Wildman–Crippen MR) is 141 cm³/mol. The van der Waals surface area contributed by atoms with E-state index in [-0.39, 0.29) is 11.9 Å². The monoisotopic (exact) mass is 507 g/mol. The van der Waals surface area contributed by atoms with Crippen LogP contribution in [0.4, 0.5) is 16.9 Å². The van der Waals surface area contributed by atoms with Gasteiger partial charge in [0.25, 0.3) is 0 Å². The van der Waals surface area contributed by atoms with Crippen molar-refractivity contribution in [2.24, 2.45) is 0 Å². The van der Waals surface area contributed by atoms with Gasteiger partial charge >= 0.3 is 0 Å². The molecule has 1 saturated heterocycles. The number of hydrogen-bond acceptors (Lipinski definition) is 10. The number of aryl methyl sites for hydroxylation is 1. The van der Waals surface area contributed by atoms with Crippen LogP contribution in [0.1, 0.15) is 56.8 Å². The van der Waals surface area contributed by atoms with Gasteiger partial charge in [-0.1, -0.05) is 30.6 Å². The molecule has 1 atom stereocenters. The molecule has 11 heteroatoms. The van der Waals surface area contributed by atoms with Crippen molar-refractivity contribution in [2.45, 2.75) is 71.0 Å². The van der Waals surface area contributed by atoms with E-state index in [1.165, 1.54) is 43.4 Å². The van der Waals surface area contributed by atoms with Crippen LogP contribution in [0.5, 0.6) is 0 Å². The molecule has 2 fully saturated rings. The molecule has 1 saturated carbocycles. The Hall–Kier alpha value is -3.18. The minimum absolute atomic E-state index is 0.0220. The third-order valence-corrected chi connectivity index (χ3v) is 7.49. The highest BCUT2D eigenvalue weighted by atomic mass is 32.1. The third kappa shape index (κ3) is 6.52. The molecule has 0 radical (unpaired) electrons. The number of likely N-dealkylation sites (tertiary alicyclic amines) is 1. The van der Waals surface area contributed by atoms with E-state index < -0.39 is 0 Å². The topological polar surface area (TPSA) is 121 Å². The highest BCUT2D eigenvalue weighted by Gasteiger charge is 2.23. The van der Waals surface area contributed by atoms with Crippen molar-refractivity contribution >= 4 is 34.1 Å². The molecule has 1 amide bonds. The van der Waals surface area contributed by atoms with Crippen molar-refractivity contribution in [3.63, 3.8) is 0 Å². The Labute approximate surface area is 215 Å². The van der Waals surface area contributed by atoms with E-state index in [0.717, 1.165) is 53.1 Å². The van der Waals surface area contributed by atoms with Crippen molar-refractivity contribution in [2.75, 3.05) is 23.7 Å². The molecular weight excluding hydrogens is 474 g/mol. The molecule has 5 rings (SSSR count). The number of carbonyl (C=O) groups is 1. The van der Waals surface area contributed by atoms with E-state index >= 15 is 0 Å². The number of aromatic nitrogens is 5. The first-order valence-corrected chi connectivity index (χ1v) is 13.5. The maximum absolute atomic E-state index is 11.3. The van der Waals surface area contributed by atoms with Gasteiger partial charge in [0, 0.05) is 50.5 Å². The second-order valence-electron chi connectivity index (χ2n) is 9.67. The molecule has 3 aromatic heterocycles. The summed E-state index contributed by atoms with van der Waals surface area (Å²) in [6, 6.07) is 2.67. The fourth-order valence-corrected chi connectivity index (χ4v) is 5.64. The second-order valence-corrected chi connectivity index (χ2v) is 10.7. The summed E-state index contributed by atoms with van der Waals surface area (Å²) in [5.74, 6) is 1.37. The number of anilines is 3. The van der Waals surface area contributed by atoms with Crippen LogP contribution in [0.25, 0.3) is 10.6 Å². The molecule has 2 aliphatic rings. The zero-order valence-corrected chi connectivity index (χ0v) is 21.6. The Morgan fingerprint density at radius 1 is 1.06 bits per heavy atom. The lowest BCUT2D eigenvalue weighted by Gasteiger charge is -2.22. The highest BCUT2D eigenvalue weighted by Crippen LogP contribution is 2.30. The van der Waals surface area contributed by atoms with E-state index in [0.29, 0.717) is 17.8 Å². The average Bonchev–Trinajstić information content (AvgIpc) is 3.50. The van der Waals surface area contributed by atoms with Crippen molar-refractivity contribution in [3.8, 4) is 10.6 Å². The summed E-state index contributed by atoms with van der Waals surface area (Å²) in [5, 5.41) is 10.5. The number of thiazole rings is 1. The van der Waals surface area contributed by atoms with Crippen molar-refractivity contribution < 1.29 is 4.79 Å². The van der Waals surface area contributed by atoms with E-state index in [1.807, 2.05) is 19.2 Å². The predicted octanol–water partition coefficient (Wildman–Crippen LogP) is 3.90. The van der Waals surface area contributed by atoms with Crippen LogP contribution in [-0.4, -0.2) is 60.9 Å². The lowest BCUT2D eigenvalue weighted by atomic mass is 9.96. The molecule has 0 aromatic carbocycles. The highest BCUT2D eigenvalue weighted by molar-refractivity contribution is 7.18. The van der Waals surface area contributed by atoms with Crippen LogP contribution >= 0.6 is 11.3 Å². The van der Waals surface area contributed by atoms with Crippen LogP contribution in [-0.2, 0) is 11.3 Å². The quantitative estimate of drug-likeness (QED) is 0.417. The fraction of sp³-hybridized carbons (Fsp3) is 0.520. The molecule has 36 heavy (non-hydrogen) atoms. The number of hydrogen-bond donors (Lipinski definition) is 3. The standard InChI is InChI=1S/C25H33N9OS/c1-16-10-21(32-24(29-16)31-18-6-4-3-5-7-18)22-12-28-25(36-22)33-23-13-26-20(11-27-23)15-34-9-8-19(14-34)30-17(2)35/h10-13,18-19H,3-9,14-15H2,1-2H3,(H,30,35)(H,27,28,33)(H,29,31,32). The van der Waals surface area contributed by atoms with Crippen LogP contribution in [0.2, 0.25) is 0 Å². The van der Waals surface area contributed by atoms with Crippen LogP contribution < -0.4 is 16.0 Å². The third-order valence-electron chi connectivity index (χ3n) is 6.56. The minimum atomic E-state index is 0.0220. The van der Waals surface area contributed by atoms with Crippen LogP contribution in [0.15, 0.2) is 24.7 Å². The molecular formula is C25H33N9OS. The summed E-state index contributed by atoms with van der Waals surface area (Å²) in [6.45, 7) is 6.05. The number of carbonyl (C=O) groups excluding carboxylic acids is 1. The fourth-order valence-electron chi connectivity index (χ4n) is 4.86. The first-order chi connectivity index (χ1) is 17.5. The zero-order chi connectivity index (χ0) is 24.9. The molecule has 0 spiro atoms. The van der Waals surface area contributed by atoms with Gasteiger partial charge in [-0.2, -0.15) is 0 Å². The lowest BCUT2D eigenvalue weighted by Crippen LogP contribution is -2.35. The van der Waals surface area contributed by atoms with E-state index in [4.69, 9.17) is 4.98 Å². The molecule has 1 aliphatic heterocycles. The average molecular weight is 508 g/mol. The summed E-state index contributed by atoms with van der Waals surface area (Å²) in [5.41, 5.74) is 2.71. The first kappa shape index (κ1) is 24.5. The smallest absolute Gasteiger partial charge is 0.223 e. The maximum Gasteiger partial charge on any atom is 0.223 e. The van der Waals surface area contributed by atoms with E-state index in [2.05, 4.69) is 40.8 Å². The van der Waals surface area contributed by atoms with Gasteiger partial charge < -0.3 is 16.0 Å². The Kier molecular flexibility index (Phi) is 7.66. The van der Waals surface area contributed by atoms with Gasteiger partial charge in [0.05, 0.1) is 28.7 Å². The van der Waals surface area contributed by atoms with E-state index in [9.17, 15) is 4.79 Å². The van der Waals surface area contributed by atoms with Crippen molar-refractivity contribution in [1.82, 2.24) is 35.1 Å². The first-order valence-electron chi connectivity index (χ1n) is 12.7. The largest absolute Gasteiger partial charge is 0.352 e. The maximum atomic E-state index is 11.3. The summed E-state index contributed by atoms with van der Waals surface area (Å²) in [6.07, 6.45) is 12.5. The summed E-state index contributed by atoms with van der Waals surface area (Å²) in [7, 11) is 0. The Morgan fingerprint density at radius 3 is 2.69 bits per heavy atom. The van der Waals surface area contributed by atoms with Crippen LogP contribution in [0.3, 0.4) is 0 Å². The normalized spacial score (nSPS) is 18.8. The molecule has 10 nitrogen and oxygen atoms in total. The molecule has 1 unspecified atom stereocenters. The molecule has 3 aromatic rings. The second kappa shape index (κ2) is 11.3. The van der Waals surface area contributed by atoms with E-state index in [1.54, 1.807) is 19.3 Å². The van der Waals surface area contributed by atoms with Gasteiger partial charge in [-0.15, -0.1) is 0 Å². The van der Waals surface area contributed by atoms with Crippen LogP contribution in [0, 0.1) is 6.92 Å². The van der Waals surface area contributed by atoms with Crippen molar-refractivity contribution in [3.05, 3.63) is 36.0 Å². The summed E-state index contributed by atoms with van der Waals surface area (Å²) < 4.78 is 0. The number of nitrogens with zero attached hydrogens (tertiary/aromatic N) is 6. The number of amides is 1. The van der Waals surface area contributed by atoms with Gasteiger partial charge in [0.1, 0.15) is 0 Å². The summed E-state index contributed by atoms with van der Waals surface area (Å²) >= 11 is 1.53. The van der Waals surface area contributed by atoms with Gasteiger partial charge in [0.15, 0.2) is 10.9 Å². The zero-order valence-electron chi connectivity index (χ0n) is 20.8. The van der Waals surface area contributed by atoms with Gasteiger partial charge in [-0.3, -0.25) is 14.7 Å². The molecule has 4 heterocycles. The number of nitrogens with one attached hydrogen (secondary N) is 3. The Balaban J connectivity index is 1.18.